The van der Waals surface area contributed by atoms with Crippen LogP contribution in [0, 0.1) is 0 Å². The minimum atomic E-state index is -1.12. The number of hydrogen-bond donors (Lipinski definition) is 3. The Morgan fingerprint density at radius 2 is 1.56 bits per heavy atom. The molecule has 0 spiro atoms. The van der Waals surface area contributed by atoms with Crippen molar-refractivity contribution in [2.45, 2.75) is 25.7 Å². The normalized spacial score (nSPS) is 13.2. The summed E-state index contributed by atoms with van der Waals surface area (Å²) >= 11 is 0. The van der Waals surface area contributed by atoms with Crippen molar-refractivity contribution in [2.75, 3.05) is 7.11 Å². The van der Waals surface area contributed by atoms with E-state index in [-0.39, 0.29) is 6.61 Å². The molecule has 142 valence electrons. The van der Waals surface area contributed by atoms with Crippen LogP contribution >= 0.6 is 0 Å². The standard InChI is InChI=1S/C21H23NO5/c1-14(24)19(21(26)27-2)22-20(25)18-11-9-16(10-12-18)4-3-15-5-7-17(13-23)8-6-15/h3-12,14,19,23-24H,13H2,1-2H3,(H,22,25)/b4-3+/t14-,19+/m1/s1. The van der Waals surface area contributed by atoms with Gasteiger partial charge in [-0.3, -0.25) is 4.79 Å². The fourth-order valence-electron chi connectivity index (χ4n) is 2.40. The van der Waals surface area contributed by atoms with Gasteiger partial charge in [-0.1, -0.05) is 48.6 Å². The number of rotatable bonds is 7. The summed E-state index contributed by atoms with van der Waals surface area (Å²) in [6, 6.07) is 13.2. The van der Waals surface area contributed by atoms with Crippen LogP contribution in [0.2, 0.25) is 0 Å². The van der Waals surface area contributed by atoms with Gasteiger partial charge in [-0.15, -0.1) is 0 Å². The molecule has 2 aromatic rings. The Bertz CT molecular complexity index is 794. The molecule has 0 heterocycles. The predicted octanol–water partition coefficient (Wildman–Crippen LogP) is 2.00. The molecule has 3 N–H and O–H groups in total. The van der Waals surface area contributed by atoms with Crippen molar-refractivity contribution in [2.24, 2.45) is 0 Å². The van der Waals surface area contributed by atoms with E-state index in [1.807, 2.05) is 36.4 Å². The van der Waals surface area contributed by atoms with Gasteiger partial charge in [0.1, 0.15) is 0 Å². The van der Waals surface area contributed by atoms with E-state index in [1.165, 1.54) is 14.0 Å². The molecule has 0 aliphatic rings. The van der Waals surface area contributed by atoms with E-state index in [1.54, 1.807) is 24.3 Å². The van der Waals surface area contributed by atoms with Gasteiger partial charge in [0, 0.05) is 5.56 Å². The van der Waals surface area contributed by atoms with E-state index in [9.17, 15) is 14.7 Å². The monoisotopic (exact) mass is 369 g/mol. The predicted molar refractivity (Wildman–Crippen MR) is 103 cm³/mol. The Hall–Kier alpha value is -2.96. The van der Waals surface area contributed by atoms with Crippen LogP contribution in [0.5, 0.6) is 0 Å². The van der Waals surface area contributed by atoms with Gasteiger partial charge in [-0.2, -0.15) is 0 Å². The lowest BCUT2D eigenvalue weighted by Crippen LogP contribution is -2.48. The fourth-order valence-corrected chi connectivity index (χ4v) is 2.40. The van der Waals surface area contributed by atoms with Crippen molar-refractivity contribution in [1.82, 2.24) is 5.32 Å². The Morgan fingerprint density at radius 1 is 1.04 bits per heavy atom. The van der Waals surface area contributed by atoms with Crippen molar-refractivity contribution in [3.63, 3.8) is 0 Å². The Kier molecular flexibility index (Phi) is 7.28. The molecule has 2 aromatic carbocycles. The first-order chi connectivity index (χ1) is 12.9. The molecule has 2 atom stereocenters. The molecule has 0 bridgehead atoms. The van der Waals surface area contributed by atoms with E-state index in [4.69, 9.17) is 5.11 Å². The third-order valence-electron chi connectivity index (χ3n) is 4.03. The summed E-state index contributed by atoms with van der Waals surface area (Å²) in [7, 11) is 1.20. The molecule has 0 aliphatic carbocycles. The van der Waals surface area contributed by atoms with Gasteiger partial charge in [0.15, 0.2) is 6.04 Å². The quantitative estimate of drug-likeness (QED) is 0.512. The first kappa shape index (κ1) is 20.4. The summed E-state index contributed by atoms with van der Waals surface area (Å²) in [5.74, 6) is -1.17. The molecule has 27 heavy (non-hydrogen) atoms. The highest BCUT2D eigenvalue weighted by molar-refractivity contribution is 5.97. The summed E-state index contributed by atoms with van der Waals surface area (Å²) < 4.78 is 4.58. The van der Waals surface area contributed by atoms with Crippen molar-refractivity contribution in [3.8, 4) is 0 Å². The maximum atomic E-state index is 12.3. The zero-order valence-electron chi connectivity index (χ0n) is 15.3. The second-order valence-electron chi connectivity index (χ2n) is 6.07. The van der Waals surface area contributed by atoms with Crippen LogP contribution in [0.1, 0.15) is 34.0 Å². The molecule has 2 rings (SSSR count). The molecular weight excluding hydrogens is 346 g/mol. The van der Waals surface area contributed by atoms with E-state index >= 15 is 0 Å². The number of esters is 1. The molecule has 1 amide bonds. The number of carbonyl (C=O) groups excluding carboxylic acids is 2. The molecule has 0 unspecified atom stereocenters. The first-order valence-electron chi connectivity index (χ1n) is 8.49. The highest BCUT2D eigenvalue weighted by Crippen LogP contribution is 2.11. The maximum absolute atomic E-state index is 12.3. The number of aliphatic hydroxyl groups excluding tert-OH is 2. The highest BCUT2D eigenvalue weighted by Gasteiger charge is 2.26. The molecule has 0 aromatic heterocycles. The van der Waals surface area contributed by atoms with Crippen molar-refractivity contribution in [3.05, 3.63) is 70.8 Å². The van der Waals surface area contributed by atoms with Gasteiger partial charge < -0.3 is 20.3 Å². The van der Waals surface area contributed by atoms with Gasteiger partial charge >= 0.3 is 5.97 Å². The van der Waals surface area contributed by atoms with Crippen LogP contribution in [0.4, 0.5) is 0 Å². The molecule has 0 radical (unpaired) electrons. The lowest BCUT2D eigenvalue weighted by atomic mass is 10.1. The fraction of sp³-hybridized carbons (Fsp3) is 0.238. The number of benzene rings is 2. The third-order valence-corrected chi connectivity index (χ3v) is 4.03. The number of amides is 1. The van der Waals surface area contributed by atoms with Gasteiger partial charge in [0.25, 0.3) is 5.91 Å². The first-order valence-corrected chi connectivity index (χ1v) is 8.49. The number of ether oxygens (including phenoxy) is 1. The topological polar surface area (TPSA) is 95.9 Å². The zero-order chi connectivity index (χ0) is 19.8. The average Bonchev–Trinajstić information content (AvgIpc) is 2.70. The van der Waals surface area contributed by atoms with Gasteiger partial charge in [-0.05, 0) is 35.7 Å². The summed E-state index contributed by atoms with van der Waals surface area (Å²) in [5, 5.41) is 21.1. The summed E-state index contributed by atoms with van der Waals surface area (Å²) in [6.45, 7) is 1.42. The third kappa shape index (κ3) is 5.77. The lowest BCUT2D eigenvalue weighted by molar-refractivity contribution is -0.145. The summed E-state index contributed by atoms with van der Waals surface area (Å²) in [6.07, 6.45) is 2.76. The number of carbonyl (C=O) groups is 2. The van der Waals surface area contributed by atoms with Gasteiger partial charge in [0.05, 0.1) is 19.8 Å². The number of hydrogen-bond acceptors (Lipinski definition) is 5. The molecule has 0 fully saturated rings. The molecule has 6 heteroatoms. The summed E-state index contributed by atoms with van der Waals surface area (Å²) in [5.41, 5.74) is 3.11. The number of aliphatic hydroxyl groups is 2. The van der Waals surface area contributed by atoms with Crippen molar-refractivity contribution >= 4 is 24.0 Å². The molecule has 0 saturated heterocycles. The van der Waals surface area contributed by atoms with Crippen molar-refractivity contribution < 1.29 is 24.5 Å². The minimum Gasteiger partial charge on any atom is -0.467 e. The Morgan fingerprint density at radius 3 is 2.00 bits per heavy atom. The minimum absolute atomic E-state index is 0.0133. The molecule has 0 aliphatic heterocycles. The lowest BCUT2D eigenvalue weighted by Gasteiger charge is -2.18. The SMILES string of the molecule is COC(=O)[C@@H](NC(=O)c1ccc(/C=C/c2ccc(CO)cc2)cc1)[C@@H](C)O. The molecule has 0 saturated carbocycles. The van der Waals surface area contributed by atoms with Crippen LogP contribution in [0.25, 0.3) is 12.2 Å². The number of nitrogens with one attached hydrogen (secondary N) is 1. The van der Waals surface area contributed by atoms with Crippen LogP contribution in [0.15, 0.2) is 48.5 Å². The van der Waals surface area contributed by atoms with E-state index in [0.29, 0.717) is 5.56 Å². The largest absolute Gasteiger partial charge is 0.467 e. The van der Waals surface area contributed by atoms with Crippen LogP contribution in [-0.2, 0) is 16.1 Å². The highest BCUT2D eigenvalue weighted by atomic mass is 16.5. The Balaban J connectivity index is 2.03. The van der Waals surface area contributed by atoms with Gasteiger partial charge in [-0.25, -0.2) is 4.79 Å². The average molecular weight is 369 g/mol. The smallest absolute Gasteiger partial charge is 0.331 e. The zero-order valence-corrected chi connectivity index (χ0v) is 15.3. The van der Waals surface area contributed by atoms with Crippen LogP contribution in [0.3, 0.4) is 0 Å². The molecule has 6 nitrogen and oxygen atoms in total. The van der Waals surface area contributed by atoms with Crippen LogP contribution in [-0.4, -0.2) is 41.3 Å². The van der Waals surface area contributed by atoms with E-state index in [0.717, 1.165) is 16.7 Å². The van der Waals surface area contributed by atoms with E-state index in [2.05, 4.69) is 10.1 Å². The second kappa shape index (κ2) is 9.66. The number of methoxy groups -OCH3 is 1. The molecular formula is C21H23NO5. The Labute approximate surface area is 158 Å². The van der Waals surface area contributed by atoms with Gasteiger partial charge in [0.2, 0.25) is 0 Å². The second-order valence-corrected chi connectivity index (χ2v) is 6.07. The van der Waals surface area contributed by atoms with Crippen LogP contribution < -0.4 is 5.32 Å². The van der Waals surface area contributed by atoms with Crippen molar-refractivity contribution in [1.29, 1.82) is 0 Å². The van der Waals surface area contributed by atoms with E-state index < -0.39 is 24.0 Å². The maximum Gasteiger partial charge on any atom is 0.331 e. The summed E-state index contributed by atoms with van der Waals surface area (Å²) in [4.78, 5) is 23.9.